The van der Waals surface area contributed by atoms with Gasteiger partial charge in [-0.2, -0.15) is 0 Å². The number of alkyl halides is 3. The van der Waals surface area contributed by atoms with Crippen molar-refractivity contribution in [2.75, 3.05) is 0 Å². The lowest BCUT2D eigenvalue weighted by molar-refractivity contribution is -0.274. The van der Waals surface area contributed by atoms with Crippen molar-refractivity contribution in [1.29, 1.82) is 0 Å². The molecule has 0 aromatic heterocycles. The number of para-hydroxylation sites is 1. The van der Waals surface area contributed by atoms with Crippen LogP contribution in [0.25, 0.3) is 0 Å². The van der Waals surface area contributed by atoms with Gasteiger partial charge in [0.25, 0.3) is 0 Å². The molecule has 7 heteroatoms. The van der Waals surface area contributed by atoms with E-state index in [1.807, 2.05) is 6.07 Å². The molecule has 1 aliphatic carbocycles. The molecule has 1 fully saturated rings. The minimum Gasteiger partial charge on any atom is -0.454 e. The molecule has 0 heterocycles. The lowest BCUT2D eigenvalue weighted by Crippen LogP contribution is -2.17. The van der Waals surface area contributed by atoms with Crippen LogP contribution in [-0.4, -0.2) is 6.36 Å². The van der Waals surface area contributed by atoms with Crippen LogP contribution in [-0.2, 0) is 11.8 Å². The maximum absolute atomic E-state index is 14.8. The summed E-state index contributed by atoms with van der Waals surface area (Å²) < 4.78 is 75.4. The Morgan fingerprint density at radius 3 is 2.22 bits per heavy atom. The third-order valence-corrected chi connectivity index (χ3v) is 5.22. The maximum atomic E-state index is 14.8. The van der Waals surface area contributed by atoms with Crippen LogP contribution in [0.5, 0.6) is 17.2 Å². The molecule has 1 saturated carbocycles. The van der Waals surface area contributed by atoms with E-state index in [9.17, 15) is 22.0 Å². The molecule has 0 amide bonds. The molecule has 3 aromatic rings. The first-order valence-corrected chi connectivity index (χ1v) is 9.97. The normalized spacial score (nSPS) is 15.3. The Labute approximate surface area is 181 Å². The van der Waals surface area contributed by atoms with E-state index in [2.05, 4.69) is 4.74 Å². The summed E-state index contributed by atoms with van der Waals surface area (Å²) in [7, 11) is 0. The van der Waals surface area contributed by atoms with E-state index < -0.39 is 23.4 Å². The minimum absolute atomic E-state index is 0.00267. The highest BCUT2D eigenvalue weighted by Gasteiger charge is 2.43. The Hall–Kier alpha value is -3.35. The highest BCUT2D eigenvalue weighted by molar-refractivity contribution is 5.42. The Morgan fingerprint density at radius 1 is 0.906 bits per heavy atom. The predicted octanol–water partition coefficient (Wildman–Crippen LogP) is 7.64. The largest absolute Gasteiger partial charge is 0.573 e. The number of ether oxygens (including phenoxy) is 2. The summed E-state index contributed by atoms with van der Waals surface area (Å²) in [5.74, 6) is -0.812. The van der Waals surface area contributed by atoms with Crippen LogP contribution in [0.3, 0.4) is 0 Å². The second-order valence-electron chi connectivity index (χ2n) is 7.68. The number of hydrogen-bond donors (Lipinski definition) is 0. The summed E-state index contributed by atoms with van der Waals surface area (Å²) in [6.07, 6.45) is -1.95. The molecule has 0 radical (unpaired) electrons. The summed E-state index contributed by atoms with van der Waals surface area (Å²) in [6.45, 7) is 0. The van der Waals surface area contributed by atoms with Gasteiger partial charge in [0.2, 0.25) is 0 Å². The van der Waals surface area contributed by atoms with E-state index in [-0.39, 0.29) is 17.9 Å². The van der Waals surface area contributed by atoms with Crippen molar-refractivity contribution in [3.63, 3.8) is 0 Å². The third kappa shape index (κ3) is 5.46. The van der Waals surface area contributed by atoms with Gasteiger partial charge in [0.1, 0.15) is 17.3 Å². The van der Waals surface area contributed by atoms with Gasteiger partial charge in [-0.25, -0.2) is 8.78 Å². The molecule has 0 atom stereocenters. The zero-order valence-corrected chi connectivity index (χ0v) is 16.8. The summed E-state index contributed by atoms with van der Waals surface area (Å²) in [6, 6.07) is 18.4. The summed E-state index contributed by atoms with van der Waals surface area (Å²) in [4.78, 5) is 0. The summed E-state index contributed by atoms with van der Waals surface area (Å²) >= 11 is 0. The van der Waals surface area contributed by atoms with Crippen LogP contribution < -0.4 is 9.47 Å². The molecule has 4 rings (SSSR count). The first-order chi connectivity index (χ1) is 15.2. The molecular weight excluding hydrogens is 427 g/mol. The first kappa shape index (κ1) is 21.9. The Balaban J connectivity index is 1.47. The zero-order chi connectivity index (χ0) is 22.8. The van der Waals surface area contributed by atoms with E-state index in [1.165, 1.54) is 48.5 Å². The lowest BCUT2D eigenvalue weighted by atomic mass is 9.94. The van der Waals surface area contributed by atoms with Gasteiger partial charge in [0.15, 0.2) is 11.6 Å². The Kier molecular flexibility index (Phi) is 5.91. The van der Waals surface area contributed by atoms with E-state index >= 15 is 0 Å². The van der Waals surface area contributed by atoms with Crippen molar-refractivity contribution in [2.24, 2.45) is 0 Å². The maximum Gasteiger partial charge on any atom is 0.573 e. The van der Waals surface area contributed by atoms with Crippen molar-refractivity contribution in [3.8, 4) is 17.2 Å². The van der Waals surface area contributed by atoms with Crippen LogP contribution in [0.1, 0.15) is 24.0 Å². The van der Waals surface area contributed by atoms with Crippen LogP contribution in [0, 0.1) is 5.82 Å². The third-order valence-electron chi connectivity index (χ3n) is 5.22. The fourth-order valence-electron chi connectivity index (χ4n) is 3.54. The van der Waals surface area contributed by atoms with Crippen molar-refractivity contribution in [1.82, 2.24) is 0 Å². The average Bonchev–Trinajstić information content (AvgIpc) is 3.51. The molecule has 32 heavy (non-hydrogen) atoms. The van der Waals surface area contributed by atoms with Gasteiger partial charge >= 0.3 is 6.36 Å². The van der Waals surface area contributed by atoms with Crippen LogP contribution >= 0.6 is 0 Å². The number of allylic oxidation sites excluding steroid dienone is 2. The molecule has 0 unspecified atom stereocenters. The number of halogens is 5. The van der Waals surface area contributed by atoms with Gasteiger partial charge in [-0.05, 0) is 66.4 Å². The second kappa shape index (κ2) is 8.65. The van der Waals surface area contributed by atoms with E-state index in [0.29, 0.717) is 24.2 Å². The molecule has 0 bridgehead atoms. The van der Waals surface area contributed by atoms with Crippen LogP contribution in [0.15, 0.2) is 84.7 Å². The second-order valence-corrected chi connectivity index (χ2v) is 7.68. The molecule has 0 aliphatic heterocycles. The van der Waals surface area contributed by atoms with Gasteiger partial charge in [-0.3, -0.25) is 0 Å². The van der Waals surface area contributed by atoms with E-state index in [4.69, 9.17) is 4.74 Å². The highest BCUT2D eigenvalue weighted by atomic mass is 19.4. The SMILES string of the molecule is F/C(=C/C1(c2ccc(OC(F)(F)F)cc2)CC1)Cc1ccc(F)c(Oc2ccccc2)c1. The Morgan fingerprint density at radius 2 is 1.59 bits per heavy atom. The standard InChI is InChI=1S/C25H19F5O2/c26-19(14-17-6-11-22(27)23(15-17)31-20-4-2-1-3-5-20)16-24(12-13-24)18-7-9-21(10-8-18)32-25(28,29)30/h1-11,15-16H,12-14H2/b19-16+. The first-order valence-electron chi connectivity index (χ1n) is 9.97. The van der Waals surface area contributed by atoms with Crippen molar-refractivity contribution < 1.29 is 31.4 Å². The molecule has 0 N–H and O–H groups in total. The van der Waals surface area contributed by atoms with Crippen molar-refractivity contribution in [3.05, 3.63) is 102 Å². The van der Waals surface area contributed by atoms with Crippen molar-refractivity contribution in [2.45, 2.75) is 31.0 Å². The van der Waals surface area contributed by atoms with Gasteiger partial charge in [-0.15, -0.1) is 13.2 Å². The fraction of sp³-hybridized carbons (Fsp3) is 0.200. The zero-order valence-electron chi connectivity index (χ0n) is 16.8. The van der Waals surface area contributed by atoms with E-state index in [1.54, 1.807) is 24.3 Å². The quantitative estimate of drug-likeness (QED) is 0.347. The summed E-state index contributed by atoms with van der Waals surface area (Å²) in [5, 5.41) is 0. The van der Waals surface area contributed by atoms with Crippen LogP contribution in [0.2, 0.25) is 0 Å². The average molecular weight is 446 g/mol. The molecule has 166 valence electrons. The van der Waals surface area contributed by atoms with Gasteiger partial charge in [0, 0.05) is 11.8 Å². The van der Waals surface area contributed by atoms with Gasteiger partial charge in [0.05, 0.1) is 0 Å². The topological polar surface area (TPSA) is 18.5 Å². The minimum atomic E-state index is -4.76. The number of hydrogen-bond acceptors (Lipinski definition) is 2. The highest BCUT2D eigenvalue weighted by Crippen LogP contribution is 2.50. The van der Waals surface area contributed by atoms with Crippen LogP contribution in [0.4, 0.5) is 22.0 Å². The smallest absolute Gasteiger partial charge is 0.454 e. The fourth-order valence-corrected chi connectivity index (χ4v) is 3.54. The van der Waals surface area contributed by atoms with Gasteiger partial charge in [-0.1, -0.05) is 36.4 Å². The lowest BCUT2D eigenvalue weighted by Gasteiger charge is -2.14. The molecule has 0 spiro atoms. The van der Waals surface area contributed by atoms with Crippen molar-refractivity contribution >= 4 is 0 Å². The molecule has 1 aliphatic rings. The monoisotopic (exact) mass is 446 g/mol. The predicted molar refractivity (Wildman–Crippen MR) is 110 cm³/mol. The molecule has 2 nitrogen and oxygen atoms in total. The van der Waals surface area contributed by atoms with E-state index in [0.717, 1.165) is 5.56 Å². The van der Waals surface area contributed by atoms with Gasteiger partial charge < -0.3 is 9.47 Å². The number of benzene rings is 3. The molecule has 3 aromatic carbocycles. The molecule has 0 saturated heterocycles. The number of rotatable bonds is 7. The summed E-state index contributed by atoms with van der Waals surface area (Å²) in [5.41, 5.74) is 0.703. The molecular formula is C25H19F5O2. The Bertz CT molecular complexity index is 1100.